The summed E-state index contributed by atoms with van der Waals surface area (Å²) >= 11 is 1.76. The lowest BCUT2D eigenvalue weighted by Gasteiger charge is -2.06. The highest BCUT2D eigenvalue weighted by molar-refractivity contribution is 7.07. The average molecular weight is 340 g/mol. The minimum absolute atomic E-state index is 0.243. The molecular weight excluding hydrogens is 312 g/mol. The maximum absolute atomic E-state index is 10.7. The summed E-state index contributed by atoms with van der Waals surface area (Å²) in [7, 11) is 0. The van der Waals surface area contributed by atoms with Gasteiger partial charge >= 0.3 is 11.9 Å². The molecule has 0 aliphatic carbocycles. The summed E-state index contributed by atoms with van der Waals surface area (Å²) in [6.45, 7) is 0. The van der Waals surface area contributed by atoms with E-state index in [0.717, 1.165) is 19.3 Å². The van der Waals surface area contributed by atoms with Crippen LogP contribution in [0.25, 0.3) is 0 Å². The van der Waals surface area contributed by atoms with Crippen molar-refractivity contribution in [1.82, 2.24) is 0 Å². The molecule has 0 aliphatic rings. The molecule has 0 atom stereocenters. The molecule has 0 spiro atoms. The fourth-order valence-electron chi connectivity index (χ4n) is 2.70. The molecular formula is C18H28O4S. The van der Waals surface area contributed by atoms with E-state index in [1.54, 1.807) is 11.3 Å². The van der Waals surface area contributed by atoms with E-state index in [9.17, 15) is 9.59 Å². The minimum Gasteiger partial charge on any atom is -0.481 e. The number of aryl methyl sites for hydroxylation is 1. The second kappa shape index (κ2) is 12.1. The first-order valence-corrected chi connectivity index (χ1v) is 9.52. The fourth-order valence-corrected chi connectivity index (χ4v) is 3.41. The second-order valence-corrected chi connectivity index (χ2v) is 6.86. The van der Waals surface area contributed by atoms with Crippen molar-refractivity contribution < 1.29 is 19.8 Å². The standard InChI is InChI=1S/C18H28O4S/c19-17(20)16(18(21)22)11-9-7-5-3-1-2-4-6-8-10-15-12-13-23-14-15/h12-14,16H,1-11H2,(H,19,20)(H,21,22). The Labute approximate surface area is 142 Å². The zero-order chi connectivity index (χ0) is 16.9. The van der Waals surface area contributed by atoms with Gasteiger partial charge in [-0.1, -0.05) is 51.4 Å². The van der Waals surface area contributed by atoms with Gasteiger partial charge in [0.15, 0.2) is 5.92 Å². The van der Waals surface area contributed by atoms with Crippen LogP contribution < -0.4 is 0 Å². The van der Waals surface area contributed by atoms with Crippen molar-refractivity contribution in [2.45, 2.75) is 70.6 Å². The van der Waals surface area contributed by atoms with Crippen molar-refractivity contribution in [3.8, 4) is 0 Å². The second-order valence-electron chi connectivity index (χ2n) is 6.08. The summed E-state index contributed by atoms with van der Waals surface area (Å²) in [5, 5.41) is 21.9. The van der Waals surface area contributed by atoms with E-state index in [4.69, 9.17) is 10.2 Å². The summed E-state index contributed by atoms with van der Waals surface area (Å²) in [4.78, 5) is 21.5. The maximum atomic E-state index is 10.7. The predicted molar refractivity (Wildman–Crippen MR) is 93.0 cm³/mol. The number of carbonyl (C=O) groups is 2. The quantitative estimate of drug-likeness (QED) is 0.370. The van der Waals surface area contributed by atoms with E-state index in [1.807, 2.05) is 0 Å². The van der Waals surface area contributed by atoms with E-state index in [2.05, 4.69) is 16.8 Å². The normalized spacial score (nSPS) is 11.0. The van der Waals surface area contributed by atoms with Crippen molar-refractivity contribution in [2.24, 2.45) is 5.92 Å². The SMILES string of the molecule is O=C(O)C(CCCCCCCCCCCc1ccsc1)C(=O)O. The van der Waals surface area contributed by atoms with Gasteiger partial charge in [0, 0.05) is 0 Å². The highest BCUT2D eigenvalue weighted by Crippen LogP contribution is 2.15. The van der Waals surface area contributed by atoms with Crippen molar-refractivity contribution in [3.63, 3.8) is 0 Å². The van der Waals surface area contributed by atoms with Gasteiger partial charge < -0.3 is 10.2 Å². The average Bonchev–Trinajstić information content (AvgIpc) is 3.00. The Morgan fingerprint density at radius 1 is 0.870 bits per heavy atom. The topological polar surface area (TPSA) is 74.6 Å². The van der Waals surface area contributed by atoms with Crippen LogP contribution >= 0.6 is 11.3 Å². The molecule has 23 heavy (non-hydrogen) atoms. The predicted octanol–water partition coefficient (Wildman–Crippen LogP) is 4.98. The van der Waals surface area contributed by atoms with Crippen molar-refractivity contribution in [2.75, 3.05) is 0 Å². The lowest BCUT2D eigenvalue weighted by molar-refractivity contribution is -0.154. The van der Waals surface area contributed by atoms with Crippen molar-refractivity contribution >= 4 is 23.3 Å². The van der Waals surface area contributed by atoms with Crippen LogP contribution in [0.15, 0.2) is 16.8 Å². The Hall–Kier alpha value is -1.36. The summed E-state index contributed by atoms with van der Waals surface area (Å²) in [5.74, 6) is -3.68. The van der Waals surface area contributed by atoms with Crippen LogP contribution in [0.4, 0.5) is 0 Å². The highest BCUT2D eigenvalue weighted by atomic mass is 32.1. The molecule has 130 valence electrons. The van der Waals surface area contributed by atoms with Crippen molar-refractivity contribution in [3.05, 3.63) is 22.4 Å². The summed E-state index contributed by atoms with van der Waals surface area (Å²) in [6, 6.07) is 2.20. The lowest BCUT2D eigenvalue weighted by atomic mass is 10.00. The lowest BCUT2D eigenvalue weighted by Crippen LogP contribution is -2.23. The Morgan fingerprint density at radius 2 is 1.39 bits per heavy atom. The number of aliphatic carboxylic acids is 2. The fraction of sp³-hybridized carbons (Fsp3) is 0.667. The molecule has 0 amide bonds. The van der Waals surface area contributed by atoms with Gasteiger partial charge in [0.1, 0.15) is 0 Å². The van der Waals surface area contributed by atoms with Gasteiger partial charge in [0.05, 0.1) is 0 Å². The van der Waals surface area contributed by atoms with Crippen molar-refractivity contribution in [1.29, 1.82) is 0 Å². The Balaban J connectivity index is 1.86. The molecule has 0 saturated carbocycles. The van der Waals surface area contributed by atoms with Crippen LogP contribution in [-0.4, -0.2) is 22.2 Å². The number of rotatable bonds is 14. The maximum Gasteiger partial charge on any atom is 0.317 e. The van der Waals surface area contributed by atoms with E-state index in [-0.39, 0.29) is 6.42 Å². The third-order valence-corrected chi connectivity index (χ3v) is 4.87. The number of carboxylic acids is 2. The Bertz CT molecular complexity index is 428. The molecule has 1 heterocycles. The number of hydrogen-bond acceptors (Lipinski definition) is 3. The van der Waals surface area contributed by atoms with Gasteiger partial charge in [-0.3, -0.25) is 9.59 Å². The van der Waals surface area contributed by atoms with Gasteiger partial charge in [-0.2, -0.15) is 11.3 Å². The van der Waals surface area contributed by atoms with E-state index >= 15 is 0 Å². The Kier molecular flexibility index (Phi) is 10.4. The van der Waals surface area contributed by atoms with E-state index < -0.39 is 17.9 Å². The molecule has 5 heteroatoms. The molecule has 1 rings (SSSR count). The van der Waals surface area contributed by atoms with Gasteiger partial charge in [-0.25, -0.2) is 0 Å². The van der Waals surface area contributed by atoms with Gasteiger partial charge in [-0.05, 0) is 41.7 Å². The van der Waals surface area contributed by atoms with Crippen LogP contribution in [0.5, 0.6) is 0 Å². The number of hydrogen-bond donors (Lipinski definition) is 2. The van der Waals surface area contributed by atoms with Crippen LogP contribution in [0.2, 0.25) is 0 Å². The summed E-state index contributed by atoms with van der Waals surface area (Å²) in [5.41, 5.74) is 1.45. The molecule has 0 unspecified atom stereocenters. The smallest absolute Gasteiger partial charge is 0.317 e. The molecule has 1 aromatic heterocycles. The molecule has 4 nitrogen and oxygen atoms in total. The molecule has 0 saturated heterocycles. The van der Waals surface area contributed by atoms with Crippen LogP contribution in [0, 0.1) is 5.92 Å². The third-order valence-electron chi connectivity index (χ3n) is 4.13. The number of unbranched alkanes of at least 4 members (excludes halogenated alkanes) is 8. The number of thiophene rings is 1. The first-order chi connectivity index (χ1) is 11.1. The first-order valence-electron chi connectivity index (χ1n) is 8.58. The zero-order valence-corrected chi connectivity index (χ0v) is 14.5. The van der Waals surface area contributed by atoms with E-state index in [0.29, 0.717) is 6.42 Å². The Morgan fingerprint density at radius 3 is 1.87 bits per heavy atom. The molecule has 1 aromatic rings. The van der Waals surface area contributed by atoms with E-state index in [1.165, 1.54) is 44.1 Å². The number of carboxylic acid groups (broad SMARTS) is 2. The van der Waals surface area contributed by atoms with Crippen LogP contribution in [-0.2, 0) is 16.0 Å². The molecule has 0 aliphatic heterocycles. The summed E-state index contributed by atoms with van der Waals surface area (Å²) in [6.07, 6.45) is 11.6. The highest BCUT2D eigenvalue weighted by Gasteiger charge is 2.24. The van der Waals surface area contributed by atoms with Gasteiger partial charge in [0.25, 0.3) is 0 Å². The summed E-state index contributed by atoms with van der Waals surface area (Å²) < 4.78 is 0. The molecule has 0 bridgehead atoms. The minimum atomic E-state index is -1.24. The first kappa shape index (κ1) is 19.7. The van der Waals surface area contributed by atoms with Gasteiger partial charge in [0.2, 0.25) is 0 Å². The van der Waals surface area contributed by atoms with Crippen LogP contribution in [0.3, 0.4) is 0 Å². The van der Waals surface area contributed by atoms with Gasteiger partial charge in [-0.15, -0.1) is 0 Å². The molecule has 0 radical (unpaired) electrons. The zero-order valence-electron chi connectivity index (χ0n) is 13.7. The monoisotopic (exact) mass is 340 g/mol. The van der Waals surface area contributed by atoms with Crippen LogP contribution in [0.1, 0.15) is 69.8 Å². The molecule has 2 N–H and O–H groups in total. The third kappa shape index (κ3) is 9.39. The molecule has 0 aromatic carbocycles. The largest absolute Gasteiger partial charge is 0.481 e. The molecule has 0 fully saturated rings.